The summed E-state index contributed by atoms with van der Waals surface area (Å²) in [7, 11) is 0. The van der Waals surface area contributed by atoms with Crippen molar-refractivity contribution < 1.29 is 18.0 Å². The van der Waals surface area contributed by atoms with Crippen molar-refractivity contribution in [3.8, 4) is 23.0 Å². The van der Waals surface area contributed by atoms with E-state index in [1.165, 1.54) is 23.5 Å². The first-order valence-electron chi connectivity index (χ1n) is 14.0. The Morgan fingerprint density at radius 2 is 1.97 bits per heavy atom. The van der Waals surface area contributed by atoms with E-state index in [9.17, 15) is 10.1 Å². The Hall–Kier alpha value is -4.52. The van der Waals surface area contributed by atoms with Crippen LogP contribution in [-0.4, -0.2) is 61.3 Å². The molecule has 0 bridgehead atoms. The van der Waals surface area contributed by atoms with Gasteiger partial charge in [-0.3, -0.25) is 4.98 Å². The van der Waals surface area contributed by atoms with Crippen molar-refractivity contribution in [1.82, 2.24) is 24.4 Å². The Morgan fingerprint density at radius 3 is 2.69 bits per heavy atom. The van der Waals surface area contributed by atoms with Crippen LogP contribution >= 0.6 is 0 Å². The highest BCUT2D eigenvalue weighted by Crippen LogP contribution is 2.37. The van der Waals surface area contributed by atoms with E-state index in [4.69, 9.17) is 8.85 Å². The van der Waals surface area contributed by atoms with Gasteiger partial charge in [-0.25, -0.2) is 19.2 Å². The molecule has 0 unspecified atom stereocenters. The van der Waals surface area contributed by atoms with Crippen molar-refractivity contribution in [2.45, 2.75) is 52.2 Å². The average molecular weight is 531 g/mol. The normalized spacial score (nSPS) is 19.2. The fraction of sp³-hybridized carbons (Fsp3) is 0.345. The molecule has 1 aromatic carbocycles. The van der Waals surface area contributed by atoms with E-state index in [0.29, 0.717) is 33.7 Å². The summed E-state index contributed by atoms with van der Waals surface area (Å²) in [6.45, 7) is 4.48. The highest BCUT2D eigenvalue weighted by molar-refractivity contribution is 5.99. The monoisotopic (exact) mass is 530 g/mol. The van der Waals surface area contributed by atoms with Crippen LogP contribution < -0.4 is 4.90 Å². The summed E-state index contributed by atoms with van der Waals surface area (Å²) in [4.78, 5) is 29.7. The summed E-state index contributed by atoms with van der Waals surface area (Å²) in [6.07, 6.45) is 3.86. The van der Waals surface area contributed by atoms with Crippen LogP contribution in [0.3, 0.4) is 0 Å². The van der Waals surface area contributed by atoms with E-state index >= 15 is 4.39 Å². The lowest BCUT2D eigenvalue weighted by molar-refractivity contribution is 0.0130. The van der Waals surface area contributed by atoms with Crippen molar-refractivity contribution in [2.75, 3.05) is 18.0 Å². The van der Waals surface area contributed by atoms with Crippen LogP contribution in [0.15, 0.2) is 55.1 Å². The van der Waals surface area contributed by atoms with Gasteiger partial charge < -0.3 is 19.1 Å². The molecule has 4 heterocycles. The first-order chi connectivity index (χ1) is 19.8. The van der Waals surface area contributed by atoms with Crippen LogP contribution in [0.5, 0.6) is 0 Å². The van der Waals surface area contributed by atoms with Gasteiger partial charge in [0.05, 0.1) is 23.0 Å². The van der Waals surface area contributed by atoms with Gasteiger partial charge in [0.2, 0.25) is 0 Å². The van der Waals surface area contributed by atoms with Crippen molar-refractivity contribution in [1.29, 1.82) is 5.26 Å². The highest BCUT2D eigenvalue weighted by atomic mass is 19.1. The molecule has 0 aliphatic carbocycles. The first kappa shape index (κ1) is 22.5. The zero-order valence-electron chi connectivity index (χ0n) is 25.1. The molecule has 10 heteroatoms. The second kappa shape index (κ2) is 9.98. The van der Waals surface area contributed by atoms with Gasteiger partial charge in [-0.1, -0.05) is 12.1 Å². The molecule has 1 saturated heterocycles. The number of nitrogens with zero attached hydrogens (tertiary/aromatic N) is 7. The number of hydrogen-bond acceptors (Lipinski definition) is 7. The number of piperazine rings is 1. The molecule has 1 aliphatic heterocycles. The number of para-hydroxylation sites is 1. The molecule has 3 aromatic heterocycles. The van der Waals surface area contributed by atoms with Gasteiger partial charge >= 0.3 is 6.09 Å². The summed E-state index contributed by atoms with van der Waals surface area (Å²) < 4.78 is 47.1. The summed E-state index contributed by atoms with van der Waals surface area (Å²) in [5, 5.41) is 9.45. The molecule has 0 radical (unpaired) electrons. The summed E-state index contributed by atoms with van der Waals surface area (Å²) >= 11 is 0. The van der Waals surface area contributed by atoms with E-state index in [2.05, 4.69) is 21.0 Å². The number of ether oxygens (including phenoxy) is 1. The largest absolute Gasteiger partial charge is 0.444 e. The van der Waals surface area contributed by atoms with Crippen molar-refractivity contribution in [3.05, 3.63) is 66.5 Å². The molecule has 0 saturated carbocycles. The number of hydrogen-bond donors (Lipinski definition) is 0. The molecule has 0 N–H and O–H groups in total. The Balaban J connectivity index is 1.69. The average Bonchev–Trinajstić information content (AvgIpc) is 3.31. The Kier molecular flexibility index (Phi) is 5.75. The third-order valence-electron chi connectivity index (χ3n) is 6.47. The zero-order valence-corrected chi connectivity index (χ0v) is 22.1. The van der Waals surface area contributed by atoms with Crippen LogP contribution in [0.1, 0.15) is 44.2 Å². The predicted molar refractivity (Wildman–Crippen MR) is 146 cm³/mol. The number of carbonyl (C=O) groups is 1. The fourth-order valence-corrected chi connectivity index (χ4v) is 4.72. The van der Waals surface area contributed by atoms with Gasteiger partial charge in [-0.05, 0) is 58.8 Å². The van der Waals surface area contributed by atoms with E-state index in [0.717, 1.165) is 0 Å². The first-order valence-corrected chi connectivity index (χ1v) is 12.5. The summed E-state index contributed by atoms with van der Waals surface area (Å²) in [5.41, 5.74) is 1.70. The van der Waals surface area contributed by atoms with Crippen LogP contribution in [0.2, 0.25) is 0 Å². The Bertz CT molecular complexity index is 1690. The molecule has 1 aliphatic rings. The molecule has 9 nitrogen and oxygen atoms in total. The van der Waals surface area contributed by atoms with Gasteiger partial charge in [-0.15, -0.1) is 0 Å². The molecule has 1 fully saturated rings. The number of rotatable bonds is 3. The number of anilines is 1. The predicted octanol–water partition coefficient (Wildman–Crippen LogP) is 5.33. The third kappa shape index (κ3) is 5.00. The van der Waals surface area contributed by atoms with E-state index in [-0.39, 0.29) is 24.8 Å². The third-order valence-corrected chi connectivity index (χ3v) is 6.47. The molecule has 200 valence electrons. The van der Waals surface area contributed by atoms with Crippen LogP contribution in [0, 0.1) is 17.1 Å². The number of halogens is 1. The quantitative estimate of drug-likeness (QED) is 0.353. The van der Waals surface area contributed by atoms with Gasteiger partial charge in [0.25, 0.3) is 0 Å². The van der Waals surface area contributed by atoms with Gasteiger partial charge in [0, 0.05) is 47.2 Å². The minimum absolute atomic E-state index is 0.0580. The Morgan fingerprint density at radius 1 is 1.18 bits per heavy atom. The number of pyridine rings is 1. The lowest BCUT2D eigenvalue weighted by Crippen LogP contribution is -2.59. The van der Waals surface area contributed by atoms with Crippen molar-refractivity contribution in [3.63, 3.8) is 0 Å². The molecular formula is C29H30FN7O2. The van der Waals surface area contributed by atoms with Crippen molar-refractivity contribution in [2.24, 2.45) is 0 Å². The number of nitriles is 1. The number of carbonyl (C=O) groups excluding carboxylic acids is 1. The van der Waals surface area contributed by atoms with E-state index < -0.39 is 30.4 Å². The van der Waals surface area contributed by atoms with Crippen LogP contribution in [0.4, 0.5) is 15.0 Å². The lowest BCUT2D eigenvalue weighted by atomic mass is 10.1. The number of benzene rings is 1. The number of fused-ring (bicyclic) bond motifs is 1. The smallest absolute Gasteiger partial charge is 0.410 e. The van der Waals surface area contributed by atoms with Gasteiger partial charge in [0.1, 0.15) is 28.8 Å². The van der Waals surface area contributed by atoms with E-state index in [1.807, 2.05) is 11.8 Å². The van der Waals surface area contributed by atoms with Crippen LogP contribution in [0.25, 0.3) is 28.0 Å². The molecular weight excluding hydrogens is 497 g/mol. The maximum absolute atomic E-state index is 15.2. The van der Waals surface area contributed by atoms with E-state index in [1.54, 1.807) is 61.9 Å². The minimum Gasteiger partial charge on any atom is -0.444 e. The van der Waals surface area contributed by atoms with Gasteiger partial charge in [0.15, 0.2) is 5.82 Å². The molecule has 4 aromatic rings. The molecule has 39 heavy (non-hydrogen) atoms. The molecule has 5 rings (SSSR count). The highest BCUT2D eigenvalue weighted by Gasteiger charge is 2.36. The minimum atomic E-state index is -2.53. The second-order valence-corrected chi connectivity index (χ2v) is 10.5. The van der Waals surface area contributed by atoms with Gasteiger partial charge in [-0.2, -0.15) is 5.26 Å². The number of aromatic nitrogens is 4. The molecule has 0 spiro atoms. The lowest BCUT2D eigenvalue weighted by Gasteiger charge is -2.44. The SMILES string of the molecule is [2H]C([2H])([2H])[C@@H]1CN(c2ncnc3c(-c4cc(C#N)ccn4)cn(-c4ccccc4F)c23)[C@@H](C)CN1C(=O)OC(C)(C)C. The maximum Gasteiger partial charge on any atom is 0.410 e. The Labute approximate surface area is 230 Å². The standard InChI is InChI=1S/C29H30FN7O2/c1-18-15-36(28(38)39-29(3,4)5)19(2)14-35(18)27-26-25(33-17-34-27)21(23-12-20(13-31)10-11-32-23)16-37(26)24-9-7-6-8-22(24)30/h6-12,16-19H,14-15H2,1-5H3/t18-,19+/m0/s1/i2D3. The number of amides is 1. The maximum atomic E-state index is 15.2. The topological polar surface area (TPSA) is 100 Å². The molecule has 1 amide bonds. The summed E-state index contributed by atoms with van der Waals surface area (Å²) in [6, 6.07) is 9.97. The van der Waals surface area contributed by atoms with Crippen LogP contribution in [-0.2, 0) is 4.74 Å². The zero-order chi connectivity index (χ0) is 30.4. The molecule has 2 atom stereocenters. The van der Waals surface area contributed by atoms with Crippen molar-refractivity contribution >= 4 is 22.9 Å². The summed E-state index contributed by atoms with van der Waals surface area (Å²) in [5.74, 6) is -0.117. The fourth-order valence-electron chi connectivity index (χ4n) is 4.72. The second-order valence-electron chi connectivity index (χ2n) is 10.5.